The largest absolute Gasteiger partial charge is 0.493 e. The van der Waals surface area contributed by atoms with Crippen molar-refractivity contribution in [3.63, 3.8) is 0 Å². The second kappa shape index (κ2) is 10.3. The average Bonchev–Trinajstić information content (AvgIpc) is 2.65. The molecule has 0 aromatic heterocycles. The molecular formula is C21H29N3O2. The Labute approximate surface area is 156 Å². The van der Waals surface area contributed by atoms with E-state index >= 15 is 0 Å². The van der Waals surface area contributed by atoms with E-state index in [1.165, 1.54) is 0 Å². The van der Waals surface area contributed by atoms with Crippen molar-refractivity contribution < 1.29 is 9.47 Å². The fourth-order valence-electron chi connectivity index (χ4n) is 2.39. The van der Waals surface area contributed by atoms with Gasteiger partial charge < -0.3 is 20.5 Å². The first-order valence-electron chi connectivity index (χ1n) is 8.96. The highest BCUT2D eigenvalue weighted by atomic mass is 16.5. The zero-order chi connectivity index (χ0) is 18.8. The van der Waals surface area contributed by atoms with E-state index in [9.17, 15) is 0 Å². The Morgan fingerprint density at radius 2 is 1.85 bits per heavy atom. The topological polar surface area (TPSA) is 68.9 Å². The molecule has 140 valence electrons. The molecule has 0 aliphatic heterocycles. The standard InChI is InChI=1S/C21H29N3O2/c1-16(2)11-12-23-21(22)24-14-18-9-10-19(20(13-18)25-3)26-15-17-7-5-4-6-8-17/h4-10,13,16H,11-12,14-15H2,1-3H3,(H3,22,23,24). The number of rotatable bonds is 9. The molecule has 2 aromatic carbocycles. The van der Waals surface area contributed by atoms with Crippen molar-refractivity contribution in [3.8, 4) is 11.5 Å². The monoisotopic (exact) mass is 355 g/mol. The number of hydrogen-bond donors (Lipinski definition) is 2. The van der Waals surface area contributed by atoms with Crippen LogP contribution in [-0.2, 0) is 13.2 Å². The minimum atomic E-state index is 0.467. The Kier molecular flexibility index (Phi) is 7.80. The molecule has 0 heterocycles. The van der Waals surface area contributed by atoms with Crippen molar-refractivity contribution in [2.24, 2.45) is 16.6 Å². The minimum absolute atomic E-state index is 0.467. The molecule has 5 nitrogen and oxygen atoms in total. The summed E-state index contributed by atoms with van der Waals surface area (Å²) in [5.74, 6) is 2.52. The summed E-state index contributed by atoms with van der Waals surface area (Å²) in [6.45, 7) is 6.20. The number of nitrogens with two attached hydrogens (primary N) is 1. The van der Waals surface area contributed by atoms with Gasteiger partial charge in [0.25, 0.3) is 0 Å². The lowest BCUT2D eigenvalue weighted by Crippen LogP contribution is -2.32. The summed E-state index contributed by atoms with van der Waals surface area (Å²) in [4.78, 5) is 4.38. The van der Waals surface area contributed by atoms with Crippen molar-refractivity contribution >= 4 is 5.96 Å². The summed E-state index contributed by atoms with van der Waals surface area (Å²) in [5.41, 5.74) is 8.03. The molecule has 0 unspecified atom stereocenters. The molecule has 0 bridgehead atoms. The van der Waals surface area contributed by atoms with Gasteiger partial charge >= 0.3 is 0 Å². The van der Waals surface area contributed by atoms with Gasteiger partial charge in [0.15, 0.2) is 17.5 Å². The van der Waals surface area contributed by atoms with E-state index in [-0.39, 0.29) is 0 Å². The average molecular weight is 355 g/mol. The molecule has 0 amide bonds. The summed E-state index contributed by atoms with van der Waals surface area (Å²) >= 11 is 0. The van der Waals surface area contributed by atoms with Crippen LogP contribution in [0.1, 0.15) is 31.4 Å². The molecule has 0 atom stereocenters. The third kappa shape index (κ3) is 6.67. The van der Waals surface area contributed by atoms with Gasteiger partial charge in [-0.3, -0.25) is 0 Å². The molecule has 0 radical (unpaired) electrons. The number of methoxy groups -OCH3 is 1. The van der Waals surface area contributed by atoms with Crippen molar-refractivity contribution in [2.45, 2.75) is 33.4 Å². The number of hydrogen-bond acceptors (Lipinski definition) is 3. The van der Waals surface area contributed by atoms with Gasteiger partial charge in [0.2, 0.25) is 0 Å². The Bertz CT molecular complexity index is 700. The maximum atomic E-state index is 5.90. The number of guanidine groups is 1. The molecule has 3 N–H and O–H groups in total. The lowest BCUT2D eigenvalue weighted by Gasteiger charge is -2.12. The van der Waals surface area contributed by atoms with Crippen LogP contribution >= 0.6 is 0 Å². The molecule has 0 saturated heterocycles. The lowest BCUT2D eigenvalue weighted by atomic mass is 10.1. The Morgan fingerprint density at radius 3 is 2.54 bits per heavy atom. The van der Waals surface area contributed by atoms with E-state index in [0.717, 1.165) is 24.1 Å². The van der Waals surface area contributed by atoms with E-state index in [0.29, 0.717) is 36.5 Å². The Balaban J connectivity index is 1.92. The highest BCUT2D eigenvalue weighted by Gasteiger charge is 2.06. The fraction of sp³-hybridized carbons (Fsp3) is 0.381. The summed E-state index contributed by atoms with van der Waals surface area (Å²) in [6.07, 6.45) is 1.07. The van der Waals surface area contributed by atoms with Crippen molar-refractivity contribution in [3.05, 3.63) is 59.7 Å². The van der Waals surface area contributed by atoms with Crippen LogP contribution in [0, 0.1) is 5.92 Å². The summed E-state index contributed by atoms with van der Waals surface area (Å²) in [6, 6.07) is 15.9. The van der Waals surface area contributed by atoms with Crippen LogP contribution in [0.5, 0.6) is 11.5 Å². The third-order valence-corrected chi connectivity index (χ3v) is 3.92. The first kappa shape index (κ1) is 19.6. The van der Waals surface area contributed by atoms with E-state index in [1.54, 1.807) is 7.11 Å². The van der Waals surface area contributed by atoms with E-state index in [1.807, 2.05) is 48.5 Å². The molecular weight excluding hydrogens is 326 g/mol. The summed E-state index contributed by atoms with van der Waals surface area (Å²) < 4.78 is 11.3. The van der Waals surface area contributed by atoms with Crippen LogP contribution in [-0.4, -0.2) is 19.6 Å². The maximum Gasteiger partial charge on any atom is 0.188 e. The molecule has 26 heavy (non-hydrogen) atoms. The van der Waals surface area contributed by atoms with Gasteiger partial charge in [-0.2, -0.15) is 0 Å². The van der Waals surface area contributed by atoms with Crippen LogP contribution in [0.2, 0.25) is 0 Å². The zero-order valence-electron chi connectivity index (χ0n) is 15.9. The normalized spacial score (nSPS) is 11.5. The predicted octanol–water partition coefficient (Wildman–Crippen LogP) is 3.72. The van der Waals surface area contributed by atoms with Crippen molar-refractivity contribution in [1.29, 1.82) is 0 Å². The van der Waals surface area contributed by atoms with Gasteiger partial charge in [-0.05, 0) is 35.6 Å². The lowest BCUT2D eigenvalue weighted by molar-refractivity contribution is 0.284. The molecule has 0 aliphatic rings. The molecule has 0 saturated carbocycles. The molecule has 0 aliphatic carbocycles. The number of nitrogens with one attached hydrogen (secondary N) is 1. The van der Waals surface area contributed by atoms with E-state index in [2.05, 4.69) is 24.2 Å². The van der Waals surface area contributed by atoms with E-state index in [4.69, 9.17) is 15.2 Å². The van der Waals surface area contributed by atoms with Crippen molar-refractivity contribution in [2.75, 3.05) is 13.7 Å². The quantitative estimate of drug-likeness (QED) is 0.531. The summed E-state index contributed by atoms with van der Waals surface area (Å²) in [5, 5.41) is 3.13. The van der Waals surface area contributed by atoms with Gasteiger partial charge in [0.1, 0.15) is 6.61 Å². The molecule has 5 heteroatoms. The van der Waals surface area contributed by atoms with E-state index < -0.39 is 0 Å². The number of ether oxygens (including phenoxy) is 2. The maximum absolute atomic E-state index is 5.90. The predicted molar refractivity (Wildman–Crippen MR) is 107 cm³/mol. The Hall–Kier alpha value is -2.69. The van der Waals surface area contributed by atoms with Gasteiger partial charge in [-0.1, -0.05) is 50.2 Å². The first-order valence-corrected chi connectivity index (χ1v) is 8.96. The van der Waals surface area contributed by atoms with Crippen LogP contribution in [0.4, 0.5) is 0 Å². The highest BCUT2D eigenvalue weighted by Crippen LogP contribution is 2.29. The SMILES string of the molecule is COc1cc(CN=C(N)NCCC(C)C)ccc1OCc1ccccc1. The third-order valence-electron chi connectivity index (χ3n) is 3.92. The first-order chi connectivity index (χ1) is 12.6. The van der Waals surface area contributed by atoms with Gasteiger partial charge in [-0.25, -0.2) is 4.99 Å². The zero-order valence-corrected chi connectivity index (χ0v) is 15.9. The molecule has 0 spiro atoms. The van der Waals surface area contributed by atoms with Crippen LogP contribution in [0.15, 0.2) is 53.5 Å². The minimum Gasteiger partial charge on any atom is -0.493 e. The van der Waals surface area contributed by atoms with Crippen LogP contribution in [0.3, 0.4) is 0 Å². The highest BCUT2D eigenvalue weighted by molar-refractivity contribution is 5.77. The summed E-state index contributed by atoms with van der Waals surface area (Å²) in [7, 11) is 1.64. The number of nitrogens with zero attached hydrogens (tertiary/aromatic N) is 1. The number of aliphatic imine (C=N–C) groups is 1. The number of benzene rings is 2. The second-order valence-electron chi connectivity index (χ2n) is 6.57. The second-order valence-corrected chi connectivity index (χ2v) is 6.57. The van der Waals surface area contributed by atoms with Crippen LogP contribution in [0.25, 0.3) is 0 Å². The van der Waals surface area contributed by atoms with Crippen LogP contribution < -0.4 is 20.5 Å². The Morgan fingerprint density at radius 1 is 1.08 bits per heavy atom. The van der Waals surface area contributed by atoms with Gasteiger partial charge in [0, 0.05) is 6.54 Å². The van der Waals surface area contributed by atoms with Crippen molar-refractivity contribution in [1.82, 2.24) is 5.32 Å². The van der Waals surface area contributed by atoms with Gasteiger partial charge in [-0.15, -0.1) is 0 Å². The molecule has 0 fully saturated rings. The smallest absolute Gasteiger partial charge is 0.188 e. The fourth-order valence-corrected chi connectivity index (χ4v) is 2.39. The van der Waals surface area contributed by atoms with Gasteiger partial charge in [0.05, 0.1) is 13.7 Å². The molecule has 2 rings (SSSR count). The molecule has 2 aromatic rings.